The van der Waals surface area contributed by atoms with Crippen LogP contribution in [0.2, 0.25) is 0 Å². The maximum atomic E-state index is 5.64. The van der Waals surface area contributed by atoms with Gasteiger partial charge in [0.1, 0.15) is 12.4 Å². The van der Waals surface area contributed by atoms with E-state index in [0.29, 0.717) is 12.6 Å². The van der Waals surface area contributed by atoms with E-state index >= 15 is 0 Å². The number of nitrogens with one attached hydrogen (secondary N) is 2. The number of guanidine groups is 1. The number of nitrogens with zero attached hydrogens (tertiary/aromatic N) is 1. The van der Waals surface area contributed by atoms with Gasteiger partial charge in [-0.15, -0.1) is 0 Å². The number of benzene rings is 1. The number of aryl methyl sites for hydroxylation is 1. The minimum atomic E-state index is 0.369. The van der Waals surface area contributed by atoms with Crippen LogP contribution in [-0.4, -0.2) is 32.2 Å². The highest BCUT2D eigenvalue weighted by atomic mass is 16.5. The lowest BCUT2D eigenvalue weighted by Gasteiger charge is -2.14. The van der Waals surface area contributed by atoms with Gasteiger partial charge in [0, 0.05) is 13.1 Å². The molecule has 0 bridgehead atoms. The molecule has 2 N–H and O–H groups in total. The lowest BCUT2D eigenvalue weighted by Crippen LogP contribution is -2.42. The van der Waals surface area contributed by atoms with E-state index in [-0.39, 0.29) is 0 Å². The average Bonchev–Trinajstić information content (AvgIpc) is 2.32. The maximum Gasteiger partial charge on any atom is 0.191 e. The summed E-state index contributed by atoms with van der Waals surface area (Å²) in [5.41, 5.74) is 1.21. The second kappa shape index (κ2) is 7.58. The van der Waals surface area contributed by atoms with Crippen molar-refractivity contribution in [3.8, 4) is 5.75 Å². The monoisotopic (exact) mass is 249 g/mol. The van der Waals surface area contributed by atoms with Gasteiger partial charge < -0.3 is 15.4 Å². The van der Waals surface area contributed by atoms with Gasteiger partial charge >= 0.3 is 0 Å². The molecule has 100 valence electrons. The summed E-state index contributed by atoms with van der Waals surface area (Å²) in [4.78, 5) is 4.13. The van der Waals surface area contributed by atoms with Crippen LogP contribution >= 0.6 is 0 Å². The molecule has 0 amide bonds. The van der Waals surface area contributed by atoms with Crippen molar-refractivity contribution in [1.82, 2.24) is 10.6 Å². The first-order chi connectivity index (χ1) is 8.61. The van der Waals surface area contributed by atoms with Gasteiger partial charge in [0.05, 0.1) is 6.54 Å². The molecular weight excluding hydrogens is 226 g/mol. The molecule has 0 aliphatic carbocycles. The highest BCUT2D eigenvalue weighted by Crippen LogP contribution is 2.11. The fourth-order valence-corrected chi connectivity index (χ4v) is 1.51. The first-order valence-corrected chi connectivity index (χ1v) is 6.28. The zero-order valence-corrected chi connectivity index (χ0v) is 11.7. The summed E-state index contributed by atoms with van der Waals surface area (Å²) < 4.78 is 5.64. The van der Waals surface area contributed by atoms with Gasteiger partial charge in [-0.05, 0) is 38.5 Å². The summed E-state index contributed by atoms with van der Waals surface area (Å²) in [6, 6.07) is 8.42. The van der Waals surface area contributed by atoms with Crippen molar-refractivity contribution in [1.29, 1.82) is 0 Å². The molecule has 0 aliphatic rings. The lowest BCUT2D eigenvalue weighted by molar-refractivity contribution is 0.321. The molecule has 0 radical (unpaired) electrons. The molecule has 1 aromatic rings. The number of hydrogen-bond donors (Lipinski definition) is 2. The summed E-state index contributed by atoms with van der Waals surface area (Å²) in [7, 11) is 1.76. The Morgan fingerprint density at radius 3 is 2.78 bits per heavy atom. The van der Waals surface area contributed by atoms with Crippen molar-refractivity contribution < 1.29 is 4.74 Å². The van der Waals surface area contributed by atoms with E-state index in [4.69, 9.17) is 4.74 Å². The van der Waals surface area contributed by atoms with Crippen LogP contribution < -0.4 is 15.4 Å². The third kappa shape index (κ3) is 5.57. The van der Waals surface area contributed by atoms with E-state index < -0.39 is 0 Å². The first kappa shape index (κ1) is 14.4. The highest BCUT2D eigenvalue weighted by molar-refractivity contribution is 5.79. The molecule has 1 aromatic carbocycles. The van der Waals surface area contributed by atoms with Crippen LogP contribution in [0.1, 0.15) is 19.4 Å². The van der Waals surface area contributed by atoms with E-state index in [9.17, 15) is 0 Å². The summed E-state index contributed by atoms with van der Waals surface area (Å²) in [6.45, 7) is 7.55. The van der Waals surface area contributed by atoms with Gasteiger partial charge in [-0.2, -0.15) is 0 Å². The number of ether oxygens (including phenoxy) is 1. The van der Waals surface area contributed by atoms with Crippen molar-refractivity contribution in [2.45, 2.75) is 26.8 Å². The molecule has 18 heavy (non-hydrogen) atoms. The van der Waals surface area contributed by atoms with E-state index in [1.165, 1.54) is 5.56 Å². The van der Waals surface area contributed by atoms with Crippen molar-refractivity contribution in [3.05, 3.63) is 29.8 Å². The Labute approximate surface area is 109 Å². The first-order valence-electron chi connectivity index (χ1n) is 6.28. The molecule has 0 heterocycles. The molecule has 0 aromatic heterocycles. The summed E-state index contributed by atoms with van der Waals surface area (Å²) in [5, 5.41) is 6.42. The second-order valence-electron chi connectivity index (χ2n) is 4.46. The Bertz CT molecular complexity index is 388. The minimum absolute atomic E-state index is 0.369. The lowest BCUT2D eigenvalue weighted by atomic mass is 10.2. The summed E-state index contributed by atoms with van der Waals surface area (Å²) >= 11 is 0. The standard InChI is InChI=1S/C14H23N3O/c1-11(2)17-14(15-4)16-8-9-18-13-7-5-6-12(3)10-13/h5-7,10-11H,8-9H2,1-4H3,(H2,15,16,17). The van der Waals surface area contributed by atoms with E-state index in [1.54, 1.807) is 7.05 Å². The minimum Gasteiger partial charge on any atom is -0.492 e. The van der Waals surface area contributed by atoms with Crippen molar-refractivity contribution in [2.24, 2.45) is 4.99 Å². The van der Waals surface area contributed by atoms with Gasteiger partial charge in [0.2, 0.25) is 0 Å². The molecular formula is C14H23N3O. The molecule has 1 rings (SSSR count). The highest BCUT2D eigenvalue weighted by Gasteiger charge is 1.99. The van der Waals surface area contributed by atoms with Crippen LogP contribution in [0.4, 0.5) is 0 Å². The zero-order valence-electron chi connectivity index (χ0n) is 11.7. The predicted octanol–water partition coefficient (Wildman–Crippen LogP) is 1.95. The Morgan fingerprint density at radius 1 is 1.39 bits per heavy atom. The number of aliphatic imine (C=N–C) groups is 1. The van der Waals surface area contributed by atoms with Gasteiger partial charge in [-0.1, -0.05) is 12.1 Å². The van der Waals surface area contributed by atoms with Crippen LogP contribution in [0, 0.1) is 6.92 Å². The maximum absolute atomic E-state index is 5.64. The molecule has 0 unspecified atom stereocenters. The Balaban J connectivity index is 2.26. The molecule has 0 atom stereocenters. The van der Waals surface area contributed by atoms with Crippen molar-refractivity contribution in [2.75, 3.05) is 20.2 Å². The SMILES string of the molecule is CN=C(NCCOc1cccc(C)c1)NC(C)C. The van der Waals surface area contributed by atoms with Crippen LogP contribution in [0.3, 0.4) is 0 Å². The van der Waals surface area contributed by atoms with E-state index in [0.717, 1.165) is 18.3 Å². The summed E-state index contributed by atoms with van der Waals surface area (Å²) in [5.74, 6) is 1.71. The second-order valence-corrected chi connectivity index (χ2v) is 4.46. The van der Waals surface area contributed by atoms with E-state index in [2.05, 4.69) is 42.5 Å². The van der Waals surface area contributed by atoms with Gasteiger partial charge in [-0.3, -0.25) is 4.99 Å². The Morgan fingerprint density at radius 2 is 2.17 bits per heavy atom. The number of rotatable bonds is 5. The fraction of sp³-hybridized carbons (Fsp3) is 0.500. The smallest absolute Gasteiger partial charge is 0.191 e. The van der Waals surface area contributed by atoms with Gasteiger partial charge in [0.15, 0.2) is 5.96 Å². The van der Waals surface area contributed by atoms with Crippen LogP contribution in [0.5, 0.6) is 5.75 Å². The van der Waals surface area contributed by atoms with Crippen molar-refractivity contribution in [3.63, 3.8) is 0 Å². The topological polar surface area (TPSA) is 45.7 Å². The molecule has 0 fully saturated rings. The Kier molecular flexibility index (Phi) is 6.05. The normalized spacial score (nSPS) is 11.5. The quantitative estimate of drug-likeness (QED) is 0.476. The van der Waals surface area contributed by atoms with Crippen LogP contribution in [-0.2, 0) is 0 Å². The van der Waals surface area contributed by atoms with Gasteiger partial charge in [0.25, 0.3) is 0 Å². The predicted molar refractivity (Wildman–Crippen MR) is 76.3 cm³/mol. The van der Waals surface area contributed by atoms with Crippen molar-refractivity contribution >= 4 is 5.96 Å². The van der Waals surface area contributed by atoms with Crippen LogP contribution in [0.15, 0.2) is 29.3 Å². The van der Waals surface area contributed by atoms with Crippen LogP contribution in [0.25, 0.3) is 0 Å². The molecule has 4 heteroatoms. The Hall–Kier alpha value is -1.71. The summed E-state index contributed by atoms with van der Waals surface area (Å²) in [6.07, 6.45) is 0. The van der Waals surface area contributed by atoms with E-state index in [1.807, 2.05) is 18.2 Å². The molecule has 0 saturated carbocycles. The molecule has 0 aliphatic heterocycles. The molecule has 4 nitrogen and oxygen atoms in total. The average molecular weight is 249 g/mol. The largest absolute Gasteiger partial charge is 0.492 e. The molecule has 0 spiro atoms. The third-order valence-electron chi connectivity index (χ3n) is 2.30. The molecule has 0 saturated heterocycles. The fourth-order valence-electron chi connectivity index (χ4n) is 1.51. The number of hydrogen-bond acceptors (Lipinski definition) is 2. The zero-order chi connectivity index (χ0) is 13.4. The third-order valence-corrected chi connectivity index (χ3v) is 2.30. The van der Waals surface area contributed by atoms with Gasteiger partial charge in [-0.25, -0.2) is 0 Å².